The lowest BCUT2D eigenvalue weighted by atomic mass is 9.33. The zero-order valence-corrected chi connectivity index (χ0v) is 43.2. The number of anilines is 3. The Balaban J connectivity index is 1.18. The van der Waals surface area contributed by atoms with Crippen molar-refractivity contribution in [2.45, 2.75) is 59.3 Å². The zero-order valence-electron chi connectivity index (χ0n) is 43.2. The maximum absolute atomic E-state index is 15.7. The van der Waals surface area contributed by atoms with E-state index in [1.165, 1.54) is 55.6 Å². The van der Waals surface area contributed by atoms with E-state index in [0.29, 0.717) is 17.8 Å². The summed E-state index contributed by atoms with van der Waals surface area (Å²) in [6.07, 6.45) is 0. The van der Waals surface area contributed by atoms with E-state index in [9.17, 15) is 0 Å². The molecule has 4 nitrogen and oxygen atoms in total. The first-order valence-electron chi connectivity index (χ1n) is 26.7. The summed E-state index contributed by atoms with van der Waals surface area (Å²) in [5.41, 5.74) is 21.1. The first kappa shape index (κ1) is 45.0. The largest absolute Gasteiger partial charge is 0.311 e. The van der Waals surface area contributed by atoms with Crippen LogP contribution in [0.5, 0.6) is 0 Å². The molecule has 4 heterocycles. The van der Waals surface area contributed by atoms with Gasteiger partial charge in [-0.05, 0) is 124 Å². The van der Waals surface area contributed by atoms with E-state index in [1.807, 2.05) is 12.1 Å². The van der Waals surface area contributed by atoms with Gasteiger partial charge in [0.2, 0.25) is 6.71 Å². The van der Waals surface area contributed by atoms with Gasteiger partial charge < -0.3 is 18.6 Å². The van der Waals surface area contributed by atoms with Crippen molar-refractivity contribution in [1.82, 2.24) is 13.7 Å². The average Bonchev–Trinajstić information content (AvgIpc) is 4.31. The average molecular weight is 971 g/mol. The van der Waals surface area contributed by atoms with Gasteiger partial charge in [0.1, 0.15) is 5.82 Å². The van der Waals surface area contributed by atoms with Crippen molar-refractivity contribution in [2.75, 3.05) is 4.90 Å². The summed E-state index contributed by atoms with van der Waals surface area (Å²) in [6.45, 7) is 14.1. The molecule has 75 heavy (non-hydrogen) atoms. The third-order valence-electron chi connectivity index (χ3n) is 16.2. The van der Waals surface area contributed by atoms with Gasteiger partial charge in [0, 0.05) is 66.4 Å². The molecule has 0 atom stereocenters. The minimum Gasteiger partial charge on any atom is -0.311 e. The van der Waals surface area contributed by atoms with Crippen LogP contribution < -0.4 is 21.3 Å². The molecule has 0 unspecified atom stereocenters. The fourth-order valence-electron chi connectivity index (χ4n) is 13.0. The van der Waals surface area contributed by atoms with Crippen molar-refractivity contribution in [1.29, 1.82) is 0 Å². The van der Waals surface area contributed by atoms with Crippen molar-refractivity contribution < 1.29 is 4.39 Å². The second kappa shape index (κ2) is 17.2. The number of aromatic nitrogens is 3. The van der Waals surface area contributed by atoms with Gasteiger partial charge in [-0.1, -0.05) is 180 Å². The van der Waals surface area contributed by atoms with Crippen LogP contribution in [0.15, 0.2) is 212 Å². The highest BCUT2D eigenvalue weighted by molar-refractivity contribution is 6.98. The number of hydrogen-bond acceptors (Lipinski definition) is 1. The highest BCUT2D eigenvalue weighted by Crippen LogP contribution is 2.51. The van der Waals surface area contributed by atoms with Gasteiger partial charge in [-0.15, -0.1) is 0 Å². The monoisotopic (exact) mass is 970 g/mol. The van der Waals surface area contributed by atoms with Crippen molar-refractivity contribution in [3.8, 4) is 17.1 Å². The number of benzene rings is 10. The Kier molecular flexibility index (Phi) is 10.4. The van der Waals surface area contributed by atoms with E-state index in [4.69, 9.17) is 0 Å². The smallest absolute Gasteiger partial charge is 0.247 e. The van der Waals surface area contributed by atoms with Crippen molar-refractivity contribution in [3.05, 3.63) is 235 Å². The zero-order chi connectivity index (χ0) is 50.8. The van der Waals surface area contributed by atoms with Crippen LogP contribution >= 0.6 is 0 Å². The van der Waals surface area contributed by atoms with Gasteiger partial charge in [-0.2, -0.15) is 0 Å². The van der Waals surface area contributed by atoms with Crippen LogP contribution in [0.4, 0.5) is 21.5 Å². The molecule has 0 aliphatic carbocycles. The lowest BCUT2D eigenvalue weighted by molar-refractivity contribution is 0.627. The molecule has 0 spiro atoms. The van der Waals surface area contributed by atoms with Crippen LogP contribution in [0, 0.1) is 5.82 Å². The molecule has 0 N–H and O–H groups in total. The molecule has 1 aliphatic rings. The number of para-hydroxylation sites is 6. The SMILES string of the molecule is CC(C)c1cc(C(C)C)c(B2c3ccccc3N(c3ccccc3)c3cc(-n4c5ccccc5c5c6c(c7ccccc7n6-c6cccc(F)c6)c6c(c7ccccc7n6-c6ccccc6)c54)ccc32)c(C(C)C)c1. The maximum atomic E-state index is 15.7. The van der Waals surface area contributed by atoms with Gasteiger partial charge in [0.25, 0.3) is 0 Å². The second-order valence-electron chi connectivity index (χ2n) is 21.5. The van der Waals surface area contributed by atoms with E-state index in [2.05, 4.69) is 248 Å². The fourth-order valence-corrected chi connectivity index (χ4v) is 13.0. The molecular weight excluding hydrogens is 915 g/mol. The first-order chi connectivity index (χ1) is 36.7. The molecule has 6 heteroatoms. The predicted molar refractivity (Wildman–Crippen MR) is 317 cm³/mol. The standard InChI is InChI=1S/C69H56BFN4/c1-42(2)45-38-54(43(3)4)66(55(39-45)44(5)6)70-56-31-16-20-35-61(56)72(47-23-9-7-10-24-47)62-41-50(36-37-57(62)70)75-60-34-19-15-30-53(60)65-68-64(52-29-14-18-33-59(52)74(68)49-27-21-22-46(71)40-49)67-63(69(65)75)51-28-13-17-32-58(51)73(67)48-25-11-8-12-26-48/h7-44H,1-6H3. The highest BCUT2D eigenvalue weighted by Gasteiger charge is 2.39. The molecule has 0 bridgehead atoms. The minimum absolute atomic E-state index is 0.0171. The molecule has 0 saturated heterocycles. The van der Waals surface area contributed by atoms with Crippen molar-refractivity contribution in [2.24, 2.45) is 0 Å². The summed E-state index contributed by atoms with van der Waals surface area (Å²) < 4.78 is 23.0. The second-order valence-corrected chi connectivity index (χ2v) is 21.5. The van der Waals surface area contributed by atoms with Gasteiger partial charge >= 0.3 is 0 Å². The van der Waals surface area contributed by atoms with E-state index < -0.39 is 0 Å². The summed E-state index contributed by atoms with van der Waals surface area (Å²) in [5.74, 6) is 0.768. The Bertz CT molecular complexity index is 4390. The Morgan fingerprint density at radius 1 is 0.360 bits per heavy atom. The normalized spacial score (nSPS) is 12.8. The molecule has 13 aromatic rings. The summed E-state index contributed by atoms with van der Waals surface area (Å²) in [4.78, 5) is 2.50. The Morgan fingerprint density at radius 3 is 1.32 bits per heavy atom. The molecule has 0 fully saturated rings. The lowest BCUT2D eigenvalue weighted by Crippen LogP contribution is -2.59. The lowest BCUT2D eigenvalue weighted by Gasteiger charge is -2.39. The summed E-state index contributed by atoms with van der Waals surface area (Å²) in [7, 11) is 0. The molecule has 14 rings (SSSR count). The van der Waals surface area contributed by atoms with Gasteiger partial charge in [-0.3, -0.25) is 0 Å². The van der Waals surface area contributed by atoms with Crippen LogP contribution in [0.3, 0.4) is 0 Å². The van der Waals surface area contributed by atoms with E-state index in [1.54, 1.807) is 6.07 Å². The fraction of sp³-hybridized carbons (Fsp3) is 0.130. The maximum Gasteiger partial charge on any atom is 0.247 e. The molecular formula is C69H56BFN4. The van der Waals surface area contributed by atoms with Crippen LogP contribution in [-0.4, -0.2) is 20.4 Å². The molecule has 3 aromatic heterocycles. The number of hydrogen-bond donors (Lipinski definition) is 0. The van der Waals surface area contributed by atoms with Crippen LogP contribution in [0.1, 0.15) is 76.0 Å². The van der Waals surface area contributed by atoms with E-state index in [0.717, 1.165) is 83.1 Å². The Morgan fingerprint density at radius 2 is 0.800 bits per heavy atom. The molecule has 0 saturated carbocycles. The highest BCUT2D eigenvalue weighted by atomic mass is 19.1. The molecule has 0 amide bonds. The van der Waals surface area contributed by atoms with Crippen molar-refractivity contribution >= 4 is 106 Å². The van der Waals surface area contributed by atoms with Crippen LogP contribution in [-0.2, 0) is 0 Å². The van der Waals surface area contributed by atoms with Crippen molar-refractivity contribution in [3.63, 3.8) is 0 Å². The van der Waals surface area contributed by atoms with Gasteiger partial charge in [-0.25, -0.2) is 4.39 Å². The third kappa shape index (κ3) is 6.68. The molecule has 362 valence electrons. The van der Waals surface area contributed by atoms with Gasteiger partial charge in [0.15, 0.2) is 0 Å². The number of halogens is 1. The number of rotatable bonds is 8. The molecule has 1 aliphatic heterocycles. The summed E-state index contributed by atoms with van der Waals surface area (Å²) >= 11 is 0. The Labute approximate surface area is 437 Å². The number of nitrogens with zero attached hydrogens (tertiary/aromatic N) is 4. The summed E-state index contributed by atoms with van der Waals surface area (Å²) in [6, 6.07) is 76.6. The summed E-state index contributed by atoms with van der Waals surface area (Å²) in [5, 5.41) is 6.83. The molecule has 10 aromatic carbocycles. The predicted octanol–water partition coefficient (Wildman–Crippen LogP) is 16.8. The van der Waals surface area contributed by atoms with E-state index >= 15 is 4.39 Å². The third-order valence-corrected chi connectivity index (χ3v) is 16.2. The first-order valence-corrected chi connectivity index (χ1v) is 26.7. The topological polar surface area (TPSA) is 18.0 Å². The minimum atomic E-state index is -0.273. The quantitative estimate of drug-likeness (QED) is 0.139. The van der Waals surface area contributed by atoms with Crippen LogP contribution in [0.2, 0.25) is 0 Å². The Hall–Kier alpha value is -8.61. The van der Waals surface area contributed by atoms with Crippen LogP contribution in [0.25, 0.3) is 82.5 Å². The van der Waals surface area contributed by atoms with E-state index in [-0.39, 0.29) is 12.5 Å². The van der Waals surface area contributed by atoms with Gasteiger partial charge in [0.05, 0.1) is 33.1 Å². The number of fused-ring (bicyclic) bond motifs is 14. The molecule has 0 radical (unpaired) electrons.